The Labute approximate surface area is 135 Å². The molecular formula is C16H22O5S. The van der Waals surface area contributed by atoms with Gasteiger partial charge in [0.15, 0.2) is 6.10 Å². The fourth-order valence-electron chi connectivity index (χ4n) is 1.70. The first-order valence-electron chi connectivity index (χ1n) is 7.01. The fourth-order valence-corrected chi connectivity index (χ4v) is 2.78. The van der Waals surface area contributed by atoms with Crippen molar-refractivity contribution >= 4 is 23.7 Å². The maximum atomic E-state index is 11.7. The van der Waals surface area contributed by atoms with Crippen LogP contribution in [0, 0.1) is 0 Å². The molecule has 1 aromatic rings. The third-order valence-corrected chi connectivity index (χ3v) is 3.95. The van der Waals surface area contributed by atoms with Crippen LogP contribution in [0.1, 0.15) is 27.7 Å². The minimum atomic E-state index is -0.708. The lowest BCUT2D eigenvalue weighted by atomic mass is 10.2. The molecule has 0 fully saturated rings. The summed E-state index contributed by atoms with van der Waals surface area (Å²) in [6, 6.07) is 7.22. The van der Waals surface area contributed by atoms with Crippen molar-refractivity contribution < 1.29 is 23.8 Å². The Morgan fingerprint density at radius 3 is 2.59 bits per heavy atom. The van der Waals surface area contributed by atoms with Crippen LogP contribution in [0.25, 0.3) is 0 Å². The van der Waals surface area contributed by atoms with Crippen LogP contribution >= 0.6 is 11.8 Å². The molecule has 5 nitrogen and oxygen atoms in total. The summed E-state index contributed by atoms with van der Waals surface area (Å²) in [4.78, 5) is 24.2. The molecule has 0 aliphatic rings. The van der Waals surface area contributed by atoms with Gasteiger partial charge in [0.25, 0.3) is 0 Å². The number of thioether (sulfide) groups is 1. The van der Waals surface area contributed by atoms with Gasteiger partial charge < -0.3 is 14.2 Å². The van der Waals surface area contributed by atoms with Crippen LogP contribution in [-0.2, 0) is 19.1 Å². The minimum absolute atomic E-state index is 0.302. The largest absolute Gasteiger partial charge is 0.479 e. The predicted molar refractivity (Wildman–Crippen MR) is 85.1 cm³/mol. The first-order valence-corrected chi connectivity index (χ1v) is 7.82. The number of rotatable bonds is 7. The molecule has 0 aromatic heterocycles. The maximum absolute atomic E-state index is 11.7. The molecule has 0 saturated heterocycles. The lowest BCUT2D eigenvalue weighted by molar-refractivity contribution is -0.150. The Kier molecular flexibility index (Phi) is 6.74. The molecule has 0 aliphatic heterocycles. The second-order valence-electron chi connectivity index (χ2n) is 5.09. The summed E-state index contributed by atoms with van der Waals surface area (Å²) in [6.07, 6.45) is -0.686. The minimum Gasteiger partial charge on any atom is -0.479 e. The van der Waals surface area contributed by atoms with Gasteiger partial charge in [-0.05, 0) is 45.9 Å². The normalized spacial score (nSPS) is 12.4. The van der Waals surface area contributed by atoms with E-state index in [0.717, 1.165) is 4.90 Å². The van der Waals surface area contributed by atoms with E-state index in [1.807, 2.05) is 12.1 Å². The molecule has 0 bridgehead atoms. The van der Waals surface area contributed by atoms with E-state index in [4.69, 9.17) is 14.2 Å². The lowest BCUT2D eigenvalue weighted by Gasteiger charge is -2.21. The zero-order valence-corrected chi connectivity index (χ0v) is 14.4. The number of esters is 2. The van der Waals surface area contributed by atoms with Crippen molar-refractivity contribution in [1.82, 2.24) is 0 Å². The van der Waals surface area contributed by atoms with Gasteiger partial charge in [0.2, 0.25) is 0 Å². The van der Waals surface area contributed by atoms with Crippen LogP contribution in [0.5, 0.6) is 5.75 Å². The molecule has 0 radical (unpaired) electrons. The summed E-state index contributed by atoms with van der Waals surface area (Å²) in [5.41, 5.74) is 0. The maximum Gasteiger partial charge on any atom is 0.347 e. The smallest absolute Gasteiger partial charge is 0.347 e. The number of hydrogen-bond acceptors (Lipinski definition) is 6. The summed E-state index contributed by atoms with van der Waals surface area (Å²) >= 11 is 1.37. The van der Waals surface area contributed by atoms with Gasteiger partial charge in [0.05, 0.1) is 13.7 Å². The number of methoxy groups -OCH3 is 1. The van der Waals surface area contributed by atoms with E-state index in [0.29, 0.717) is 12.4 Å². The van der Waals surface area contributed by atoms with E-state index in [9.17, 15) is 9.59 Å². The molecule has 0 saturated carbocycles. The Bertz CT molecular complexity index is 527. The average molecular weight is 326 g/mol. The number of carbonyl (C=O) groups is 2. The van der Waals surface area contributed by atoms with Crippen molar-refractivity contribution in [3.05, 3.63) is 24.3 Å². The van der Waals surface area contributed by atoms with Gasteiger partial charge in [0.1, 0.15) is 10.5 Å². The van der Waals surface area contributed by atoms with E-state index in [-0.39, 0.29) is 5.97 Å². The van der Waals surface area contributed by atoms with Crippen LogP contribution in [0.2, 0.25) is 0 Å². The molecule has 0 aliphatic carbocycles. The van der Waals surface area contributed by atoms with Crippen LogP contribution in [0.4, 0.5) is 0 Å². The monoisotopic (exact) mass is 326 g/mol. The first kappa shape index (κ1) is 18.4. The molecule has 1 atom stereocenters. The van der Waals surface area contributed by atoms with Crippen molar-refractivity contribution in [2.75, 3.05) is 13.7 Å². The van der Waals surface area contributed by atoms with Crippen molar-refractivity contribution in [3.63, 3.8) is 0 Å². The average Bonchev–Trinajstić information content (AvgIpc) is 2.46. The molecule has 22 heavy (non-hydrogen) atoms. The topological polar surface area (TPSA) is 61.8 Å². The Balaban J connectivity index is 2.78. The van der Waals surface area contributed by atoms with Gasteiger partial charge in [0, 0.05) is 4.90 Å². The third kappa shape index (κ3) is 5.26. The summed E-state index contributed by atoms with van der Waals surface area (Å²) in [7, 11) is 1.37. The molecule has 0 spiro atoms. The van der Waals surface area contributed by atoms with Crippen molar-refractivity contribution in [3.8, 4) is 5.75 Å². The molecule has 6 heteroatoms. The third-order valence-electron chi connectivity index (χ3n) is 2.79. The molecule has 0 amide bonds. The fraction of sp³-hybridized carbons (Fsp3) is 0.500. The van der Waals surface area contributed by atoms with Crippen molar-refractivity contribution in [2.24, 2.45) is 0 Å². The van der Waals surface area contributed by atoms with E-state index in [1.54, 1.807) is 39.8 Å². The second-order valence-corrected chi connectivity index (χ2v) is 6.79. The quantitative estimate of drug-likeness (QED) is 0.567. The van der Waals surface area contributed by atoms with Crippen LogP contribution < -0.4 is 4.74 Å². The highest BCUT2D eigenvalue weighted by Gasteiger charge is 2.30. The molecular weight excluding hydrogens is 304 g/mol. The molecule has 1 aromatic carbocycles. The van der Waals surface area contributed by atoms with Crippen molar-refractivity contribution in [2.45, 2.75) is 43.4 Å². The summed E-state index contributed by atoms with van der Waals surface area (Å²) in [6.45, 7) is 7.28. The molecule has 122 valence electrons. The summed E-state index contributed by atoms with van der Waals surface area (Å²) in [5.74, 6) is -0.162. The standard InChI is InChI=1S/C16H22O5S/c1-6-20-14(17)11(2)21-12-8-7-9-13(10-12)22-16(3,4)15(18)19-5/h7-11H,6H2,1-5H3. The van der Waals surface area contributed by atoms with Crippen LogP contribution in [-0.4, -0.2) is 36.5 Å². The molecule has 0 heterocycles. The number of hydrogen-bond donors (Lipinski definition) is 0. The number of benzene rings is 1. The Hall–Kier alpha value is -1.69. The lowest BCUT2D eigenvalue weighted by Crippen LogP contribution is -2.28. The van der Waals surface area contributed by atoms with E-state index >= 15 is 0 Å². The van der Waals surface area contributed by atoms with Crippen LogP contribution in [0.3, 0.4) is 0 Å². The van der Waals surface area contributed by atoms with Gasteiger partial charge >= 0.3 is 11.9 Å². The van der Waals surface area contributed by atoms with Crippen LogP contribution in [0.15, 0.2) is 29.2 Å². The second kappa shape index (κ2) is 8.08. The zero-order chi connectivity index (χ0) is 16.8. The number of carbonyl (C=O) groups excluding carboxylic acids is 2. The van der Waals surface area contributed by atoms with E-state index < -0.39 is 16.8 Å². The molecule has 1 unspecified atom stereocenters. The molecule has 0 N–H and O–H groups in total. The van der Waals surface area contributed by atoms with Gasteiger partial charge in [-0.15, -0.1) is 11.8 Å². The Morgan fingerprint density at radius 2 is 2.00 bits per heavy atom. The number of ether oxygens (including phenoxy) is 3. The van der Waals surface area contributed by atoms with E-state index in [2.05, 4.69) is 0 Å². The highest BCUT2D eigenvalue weighted by atomic mass is 32.2. The summed E-state index contributed by atoms with van der Waals surface area (Å²) < 4.78 is 14.5. The first-order chi connectivity index (χ1) is 10.3. The zero-order valence-electron chi connectivity index (χ0n) is 13.5. The Morgan fingerprint density at radius 1 is 1.32 bits per heavy atom. The highest BCUT2D eigenvalue weighted by Crippen LogP contribution is 2.35. The van der Waals surface area contributed by atoms with E-state index in [1.165, 1.54) is 18.9 Å². The predicted octanol–water partition coefficient (Wildman–Crippen LogP) is 3.06. The molecule has 1 rings (SSSR count). The SMILES string of the molecule is CCOC(=O)C(C)Oc1cccc(SC(C)(C)C(=O)OC)c1. The van der Waals surface area contributed by atoms with Gasteiger partial charge in [-0.25, -0.2) is 4.79 Å². The van der Waals surface area contributed by atoms with Crippen molar-refractivity contribution in [1.29, 1.82) is 0 Å². The van der Waals surface area contributed by atoms with Gasteiger partial charge in [-0.3, -0.25) is 4.79 Å². The summed E-state index contributed by atoms with van der Waals surface area (Å²) in [5, 5.41) is 0. The van der Waals surface area contributed by atoms with Gasteiger partial charge in [-0.2, -0.15) is 0 Å². The highest BCUT2D eigenvalue weighted by molar-refractivity contribution is 8.01. The van der Waals surface area contributed by atoms with Gasteiger partial charge in [-0.1, -0.05) is 6.07 Å².